The molecule has 0 amide bonds. The van der Waals surface area contributed by atoms with Crippen molar-refractivity contribution in [2.24, 2.45) is 0 Å². The van der Waals surface area contributed by atoms with Crippen LogP contribution in [0.1, 0.15) is 19.1 Å². The first-order valence-corrected chi connectivity index (χ1v) is 7.07. The molecule has 6 heteroatoms. The predicted molar refractivity (Wildman–Crippen MR) is 88.3 cm³/mol. The van der Waals surface area contributed by atoms with E-state index in [1.807, 2.05) is 6.07 Å². The molecule has 1 aromatic heterocycles. The Morgan fingerprint density at radius 3 is 2.70 bits per heavy atom. The van der Waals surface area contributed by atoms with Crippen molar-refractivity contribution in [1.82, 2.24) is 15.5 Å². The Morgan fingerprint density at radius 1 is 1.35 bits per heavy atom. The number of furan rings is 1. The maximum atomic E-state index is 5.40. The minimum absolute atomic E-state index is 0. The fraction of sp³-hybridized carbons (Fsp3) is 0.714. The van der Waals surface area contributed by atoms with Crippen molar-refractivity contribution < 1.29 is 4.42 Å². The SMILES string of the molecule is CCC(Cc1ccco1)NCCN1CCNCC1.Cl.Cl. The molecule has 1 atom stereocenters. The van der Waals surface area contributed by atoms with Crippen LogP contribution in [0.2, 0.25) is 0 Å². The summed E-state index contributed by atoms with van der Waals surface area (Å²) in [5.41, 5.74) is 0. The Bertz CT molecular complexity index is 316. The Morgan fingerprint density at radius 2 is 2.10 bits per heavy atom. The summed E-state index contributed by atoms with van der Waals surface area (Å²) in [5.74, 6) is 1.08. The smallest absolute Gasteiger partial charge is 0.105 e. The lowest BCUT2D eigenvalue weighted by atomic mass is 10.1. The van der Waals surface area contributed by atoms with Crippen molar-refractivity contribution in [2.45, 2.75) is 25.8 Å². The quantitative estimate of drug-likeness (QED) is 0.804. The highest BCUT2D eigenvalue weighted by Gasteiger charge is 2.11. The summed E-state index contributed by atoms with van der Waals surface area (Å²) < 4.78 is 5.40. The van der Waals surface area contributed by atoms with Gasteiger partial charge in [-0.1, -0.05) is 6.92 Å². The van der Waals surface area contributed by atoms with Gasteiger partial charge in [0, 0.05) is 51.7 Å². The fourth-order valence-electron chi connectivity index (χ4n) is 2.39. The van der Waals surface area contributed by atoms with Crippen molar-refractivity contribution in [2.75, 3.05) is 39.3 Å². The van der Waals surface area contributed by atoms with E-state index >= 15 is 0 Å². The maximum absolute atomic E-state index is 5.40. The fourth-order valence-corrected chi connectivity index (χ4v) is 2.39. The molecule has 0 spiro atoms. The molecule has 1 fully saturated rings. The van der Waals surface area contributed by atoms with Gasteiger partial charge in [0.2, 0.25) is 0 Å². The van der Waals surface area contributed by atoms with Gasteiger partial charge in [-0.05, 0) is 18.6 Å². The molecular weight excluding hydrogens is 297 g/mol. The number of piperazine rings is 1. The molecule has 0 aliphatic carbocycles. The molecular formula is C14H27Cl2N3O. The molecule has 0 radical (unpaired) electrons. The first-order chi connectivity index (χ1) is 8.88. The molecule has 1 unspecified atom stereocenters. The van der Waals surface area contributed by atoms with E-state index < -0.39 is 0 Å². The van der Waals surface area contributed by atoms with Gasteiger partial charge in [0.15, 0.2) is 0 Å². The van der Waals surface area contributed by atoms with E-state index in [1.54, 1.807) is 6.26 Å². The molecule has 2 heterocycles. The van der Waals surface area contributed by atoms with E-state index in [4.69, 9.17) is 4.42 Å². The summed E-state index contributed by atoms with van der Waals surface area (Å²) in [6.07, 6.45) is 3.89. The second-order valence-corrected chi connectivity index (χ2v) is 4.93. The molecule has 118 valence electrons. The summed E-state index contributed by atoms with van der Waals surface area (Å²) >= 11 is 0. The molecule has 1 saturated heterocycles. The van der Waals surface area contributed by atoms with E-state index in [-0.39, 0.29) is 24.8 Å². The second-order valence-electron chi connectivity index (χ2n) is 4.93. The van der Waals surface area contributed by atoms with Gasteiger partial charge in [0.05, 0.1) is 6.26 Å². The zero-order chi connectivity index (χ0) is 12.6. The molecule has 2 rings (SSSR count). The summed E-state index contributed by atoms with van der Waals surface area (Å²) in [7, 11) is 0. The Kier molecular flexibility index (Phi) is 11.3. The van der Waals surface area contributed by atoms with Crippen LogP contribution in [0.15, 0.2) is 22.8 Å². The average Bonchev–Trinajstić information content (AvgIpc) is 2.92. The van der Waals surface area contributed by atoms with E-state index in [9.17, 15) is 0 Å². The average molecular weight is 324 g/mol. The highest BCUT2D eigenvalue weighted by atomic mass is 35.5. The zero-order valence-electron chi connectivity index (χ0n) is 12.1. The number of rotatable bonds is 7. The molecule has 20 heavy (non-hydrogen) atoms. The van der Waals surface area contributed by atoms with E-state index in [1.165, 1.54) is 13.1 Å². The number of hydrogen-bond donors (Lipinski definition) is 2. The van der Waals surface area contributed by atoms with Gasteiger partial charge in [0.1, 0.15) is 5.76 Å². The van der Waals surface area contributed by atoms with Crippen LogP contribution in [0, 0.1) is 0 Å². The summed E-state index contributed by atoms with van der Waals surface area (Å²) in [6, 6.07) is 4.54. The Hall–Kier alpha value is -0.260. The third kappa shape index (κ3) is 6.95. The Balaban J connectivity index is 0.00000180. The van der Waals surface area contributed by atoms with Crippen LogP contribution in [0.25, 0.3) is 0 Å². The van der Waals surface area contributed by atoms with Crippen LogP contribution in [0.4, 0.5) is 0 Å². The van der Waals surface area contributed by atoms with Gasteiger partial charge in [-0.25, -0.2) is 0 Å². The van der Waals surface area contributed by atoms with Crippen LogP contribution in [-0.2, 0) is 6.42 Å². The Labute approximate surface area is 134 Å². The molecule has 0 bridgehead atoms. The highest BCUT2D eigenvalue weighted by molar-refractivity contribution is 5.85. The predicted octanol–water partition coefficient (Wildman–Crippen LogP) is 1.94. The van der Waals surface area contributed by atoms with E-state index in [0.29, 0.717) is 6.04 Å². The number of nitrogens with zero attached hydrogens (tertiary/aromatic N) is 1. The molecule has 1 aromatic rings. The first-order valence-electron chi connectivity index (χ1n) is 7.07. The topological polar surface area (TPSA) is 40.4 Å². The van der Waals surface area contributed by atoms with E-state index in [0.717, 1.165) is 44.8 Å². The van der Waals surface area contributed by atoms with Crippen molar-refractivity contribution in [3.8, 4) is 0 Å². The number of hydrogen-bond acceptors (Lipinski definition) is 4. The zero-order valence-corrected chi connectivity index (χ0v) is 13.8. The maximum Gasteiger partial charge on any atom is 0.105 e. The lowest BCUT2D eigenvalue weighted by Crippen LogP contribution is -2.46. The standard InChI is InChI=1S/C14H25N3O.2ClH/c1-2-13(12-14-4-3-11-18-14)16-7-10-17-8-5-15-6-9-17;;/h3-4,11,13,15-16H,2,5-10,12H2,1H3;2*1H. The van der Waals surface area contributed by atoms with Crippen molar-refractivity contribution in [1.29, 1.82) is 0 Å². The van der Waals surface area contributed by atoms with Gasteiger partial charge in [-0.2, -0.15) is 0 Å². The molecule has 0 saturated carbocycles. The summed E-state index contributed by atoms with van der Waals surface area (Å²) in [4.78, 5) is 2.52. The second kappa shape index (κ2) is 11.4. The normalized spacial score (nSPS) is 17.1. The van der Waals surface area contributed by atoms with Gasteiger partial charge >= 0.3 is 0 Å². The molecule has 1 aliphatic rings. The molecule has 2 N–H and O–H groups in total. The largest absolute Gasteiger partial charge is 0.469 e. The van der Waals surface area contributed by atoms with Crippen LogP contribution in [0.3, 0.4) is 0 Å². The monoisotopic (exact) mass is 323 g/mol. The van der Waals surface area contributed by atoms with Crippen molar-refractivity contribution in [3.05, 3.63) is 24.2 Å². The van der Waals surface area contributed by atoms with Crippen molar-refractivity contribution in [3.63, 3.8) is 0 Å². The van der Waals surface area contributed by atoms with Crippen LogP contribution in [0.5, 0.6) is 0 Å². The number of halogens is 2. The minimum Gasteiger partial charge on any atom is -0.469 e. The van der Waals surface area contributed by atoms with Crippen molar-refractivity contribution >= 4 is 24.8 Å². The van der Waals surface area contributed by atoms with Crippen LogP contribution < -0.4 is 10.6 Å². The molecule has 4 nitrogen and oxygen atoms in total. The van der Waals surface area contributed by atoms with Crippen LogP contribution >= 0.6 is 24.8 Å². The minimum atomic E-state index is 0. The molecule has 0 aromatic carbocycles. The van der Waals surface area contributed by atoms with Crippen LogP contribution in [-0.4, -0.2) is 50.2 Å². The lowest BCUT2D eigenvalue weighted by Gasteiger charge is -2.28. The molecule has 1 aliphatic heterocycles. The summed E-state index contributed by atoms with van der Waals surface area (Å²) in [6.45, 7) is 9.06. The third-order valence-electron chi connectivity index (χ3n) is 3.59. The van der Waals surface area contributed by atoms with Gasteiger partial charge in [-0.3, -0.25) is 4.90 Å². The first kappa shape index (κ1) is 19.7. The third-order valence-corrected chi connectivity index (χ3v) is 3.59. The van der Waals surface area contributed by atoms with Gasteiger partial charge in [-0.15, -0.1) is 24.8 Å². The lowest BCUT2D eigenvalue weighted by molar-refractivity contribution is 0.237. The summed E-state index contributed by atoms with van der Waals surface area (Å²) in [5, 5.41) is 7.01. The van der Waals surface area contributed by atoms with Gasteiger partial charge < -0.3 is 15.1 Å². The highest BCUT2D eigenvalue weighted by Crippen LogP contribution is 2.06. The number of nitrogens with one attached hydrogen (secondary N) is 2. The van der Waals surface area contributed by atoms with Gasteiger partial charge in [0.25, 0.3) is 0 Å². The van der Waals surface area contributed by atoms with E-state index in [2.05, 4.69) is 28.5 Å².